The molecule has 0 fully saturated rings. The average Bonchev–Trinajstić information content (AvgIpc) is 2.64. The van der Waals surface area contributed by atoms with Crippen molar-refractivity contribution < 1.29 is 18.0 Å². The number of hydrogen-bond acceptors (Lipinski definition) is 2. The van der Waals surface area contributed by atoms with Gasteiger partial charge in [-0.15, -0.1) is 0 Å². The largest absolute Gasteiger partial charge is 0.417 e. The highest BCUT2D eigenvalue weighted by Crippen LogP contribution is 2.32. The maximum Gasteiger partial charge on any atom is 0.417 e. The number of nitrogens with zero attached hydrogens (tertiary/aromatic N) is 2. The predicted molar refractivity (Wildman–Crippen MR) is 97.8 cm³/mol. The number of aryl methyl sites for hydroxylation is 1. The lowest BCUT2D eigenvalue weighted by atomic mass is 9.99. The highest BCUT2D eigenvalue weighted by molar-refractivity contribution is 6.34. The minimum Gasteiger partial charge on any atom is -0.338 e. The molecule has 27 heavy (non-hydrogen) atoms. The van der Waals surface area contributed by atoms with Crippen LogP contribution in [0.25, 0.3) is 0 Å². The third-order valence-electron chi connectivity index (χ3n) is 4.63. The van der Waals surface area contributed by atoms with Crippen molar-refractivity contribution in [2.45, 2.75) is 38.4 Å². The fraction of sp³-hybridized carbons (Fsp3) is 0.368. The van der Waals surface area contributed by atoms with Crippen LogP contribution in [0.2, 0.25) is 10.0 Å². The first-order valence-corrected chi connectivity index (χ1v) is 9.27. The molecular formula is C19H17Cl2F3N2O. The molecule has 2 aromatic rings. The third kappa shape index (κ3) is 4.74. The predicted octanol–water partition coefficient (Wildman–Crippen LogP) is 5.31. The van der Waals surface area contributed by atoms with Crippen LogP contribution >= 0.6 is 23.2 Å². The molecule has 8 heteroatoms. The molecule has 1 aromatic heterocycles. The van der Waals surface area contributed by atoms with Gasteiger partial charge in [0.15, 0.2) is 0 Å². The Morgan fingerprint density at radius 3 is 2.44 bits per heavy atom. The zero-order valence-corrected chi connectivity index (χ0v) is 15.8. The Bertz CT molecular complexity index is 838. The molecule has 0 unspecified atom stereocenters. The summed E-state index contributed by atoms with van der Waals surface area (Å²) in [6.45, 7) is 0.997. The van der Waals surface area contributed by atoms with E-state index < -0.39 is 11.7 Å². The Morgan fingerprint density at radius 1 is 1.11 bits per heavy atom. The lowest BCUT2D eigenvalue weighted by molar-refractivity contribution is -0.137. The molecule has 0 spiro atoms. The first-order chi connectivity index (χ1) is 12.8. The Balaban J connectivity index is 1.54. The van der Waals surface area contributed by atoms with Gasteiger partial charge in [0.1, 0.15) is 0 Å². The van der Waals surface area contributed by atoms with Crippen LogP contribution in [0.15, 0.2) is 30.5 Å². The molecule has 1 aliphatic rings. The minimum absolute atomic E-state index is 0.0106. The topological polar surface area (TPSA) is 33.2 Å². The smallest absolute Gasteiger partial charge is 0.338 e. The van der Waals surface area contributed by atoms with E-state index in [2.05, 4.69) is 4.98 Å². The molecule has 1 amide bonds. The fourth-order valence-corrected chi connectivity index (χ4v) is 3.63. The van der Waals surface area contributed by atoms with Gasteiger partial charge in [-0.05, 0) is 54.7 Å². The summed E-state index contributed by atoms with van der Waals surface area (Å²) in [6, 6.07) is 5.86. The summed E-state index contributed by atoms with van der Waals surface area (Å²) in [4.78, 5) is 18.0. The first kappa shape index (κ1) is 20.0. The summed E-state index contributed by atoms with van der Waals surface area (Å²) in [5.74, 6) is -0.0106. The zero-order chi connectivity index (χ0) is 19.6. The summed E-state index contributed by atoms with van der Waals surface area (Å²) in [6.07, 6.45) is -1.65. The van der Waals surface area contributed by atoms with E-state index in [1.54, 1.807) is 17.0 Å². The van der Waals surface area contributed by atoms with Crippen molar-refractivity contribution in [3.8, 4) is 0 Å². The molecule has 0 bridgehead atoms. The van der Waals surface area contributed by atoms with Gasteiger partial charge in [-0.25, -0.2) is 0 Å². The van der Waals surface area contributed by atoms with Gasteiger partial charge in [0, 0.05) is 41.4 Å². The van der Waals surface area contributed by atoms with Crippen LogP contribution in [0.4, 0.5) is 13.2 Å². The van der Waals surface area contributed by atoms with Crippen molar-refractivity contribution in [3.63, 3.8) is 0 Å². The van der Waals surface area contributed by atoms with Gasteiger partial charge in [0.05, 0.1) is 5.56 Å². The number of halogens is 5. The number of hydrogen-bond donors (Lipinski definition) is 0. The number of alkyl halides is 3. The summed E-state index contributed by atoms with van der Waals surface area (Å²) >= 11 is 12.4. The summed E-state index contributed by atoms with van der Waals surface area (Å²) in [5, 5.41) is 1.26. The van der Waals surface area contributed by atoms with E-state index >= 15 is 0 Å². The molecule has 0 saturated carbocycles. The summed E-state index contributed by atoms with van der Waals surface area (Å²) in [7, 11) is 0. The first-order valence-electron chi connectivity index (χ1n) is 8.51. The quantitative estimate of drug-likeness (QED) is 0.675. The van der Waals surface area contributed by atoms with Gasteiger partial charge in [0.2, 0.25) is 5.91 Å². The molecule has 0 N–H and O–H groups in total. The average molecular weight is 417 g/mol. The van der Waals surface area contributed by atoms with E-state index in [0.717, 1.165) is 23.4 Å². The second-order valence-electron chi connectivity index (χ2n) is 6.44. The SMILES string of the molecule is O=C(CCCc1ccc(C(F)(F)F)cn1)N1CCc2c(Cl)ccc(Cl)c2C1. The van der Waals surface area contributed by atoms with E-state index in [9.17, 15) is 18.0 Å². The number of aromatic nitrogens is 1. The van der Waals surface area contributed by atoms with Crippen molar-refractivity contribution in [2.75, 3.05) is 6.54 Å². The van der Waals surface area contributed by atoms with Crippen LogP contribution in [-0.2, 0) is 30.4 Å². The molecule has 3 nitrogen and oxygen atoms in total. The maximum atomic E-state index is 12.5. The van der Waals surface area contributed by atoms with E-state index in [1.807, 2.05) is 0 Å². The van der Waals surface area contributed by atoms with Crippen molar-refractivity contribution in [2.24, 2.45) is 0 Å². The normalized spacial score (nSPS) is 14.2. The number of carbonyl (C=O) groups is 1. The third-order valence-corrected chi connectivity index (χ3v) is 5.33. The van der Waals surface area contributed by atoms with Crippen LogP contribution in [0.5, 0.6) is 0 Å². The van der Waals surface area contributed by atoms with Gasteiger partial charge in [0.25, 0.3) is 0 Å². The van der Waals surface area contributed by atoms with Crippen molar-refractivity contribution in [1.29, 1.82) is 0 Å². The van der Waals surface area contributed by atoms with Crippen molar-refractivity contribution in [1.82, 2.24) is 9.88 Å². The Hall–Kier alpha value is -1.79. The van der Waals surface area contributed by atoms with Crippen LogP contribution in [-0.4, -0.2) is 22.3 Å². The lowest BCUT2D eigenvalue weighted by Crippen LogP contribution is -2.36. The number of carbonyl (C=O) groups excluding carboxylic acids is 1. The summed E-state index contributed by atoms with van der Waals surface area (Å²) < 4.78 is 37.6. The van der Waals surface area contributed by atoms with Crippen molar-refractivity contribution in [3.05, 3.63) is 62.9 Å². The maximum absolute atomic E-state index is 12.5. The lowest BCUT2D eigenvalue weighted by Gasteiger charge is -2.30. The Morgan fingerprint density at radius 2 is 1.81 bits per heavy atom. The number of benzene rings is 1. The highest BCUT2D eigenvalue weighted by Gasteiger charge is 2.30. The van der Waals surface area contributed by atoms with Crippen molar-refractivity contribution >= 4 is 29.1 Å². The molecule has 0 atom stereocenters. The van der Waals surface area contributed by atoms with E-state index in [1.165, 1.54) is 6.07 Å². The molecule has 0 aliphatic carbocycles. The van der Waals surface area contributed by atoms with Gasteiger partial charge >= 0.3 is 6.18 Å². The van der Waals surface area contributed by atoms with Crippen LogP contribution in [0.3, 0.4) is 0 Å². The molecule has 1 aromatic carbocycles. The highest BCUT2D eigenvalue weighted by atomic mass is 35.5. The van der Waals surface area contributed by atoms with Crippen LogP contribution < -0.4 is 0 Å². The zero-order valence-electron chi connectivity index (χ0n) is 14.3. The molecule has 144 valence electrons. The summed E-state index contributed by atoms with van der Waals surface area (Å²) in [5.41, 5.74) is 1.63. The van der Waals surface area contributed by atoms with Crippen LogP contribution in [0.1, 0.15) is 35.2 Å². The molecule has 0 saturated heterocycles. The number of rotatable bonds is 4. The van der Waals surface area contributed by atoms with Gasteiger partial charge < -0.3 is 4.90 Å². The molecule has 3 rings (SSSR count). The van der Waals surface area contributed by atoms with E-state index in [-0.39, 0.29) is 5.91 Å². The molecule has 0 radical (unpaired) electrons. The Kier molecular flexibility index (Phi) is 5.96. The van der Waals surface area contributed by atoms with Gasteiger partial charge in [-0.1, -0.05) is 23.2 Å². The second kappa shape index (κ2) is 8.07. The standard InChI is InChI=1S/C19H17Cl2F3N2O/c20-16-6-7-17(21)15-11-26(9-8-14(15)16)18(27)3-1-2-13-5-4-12(10-25-13)19(22,23)24/h4-7,10H,1-3,8-9,11H2. The monoisotopic (exact) mass is 416 g/mol. The molecule has 1 aliphatic heterocycles. The van der Waals surface area contributed by atoms with E-state index in [4.69, 9.17) is 23.2 Å². The van der Waals surface area contributed by atoms with Gasteiger partial charge in [-0.2, -0.15) is 13.2 Å². The second-order valence-corrected chi connectivity index (χ2v) is 7.26. The number of amides is 1. The molecule has 2 heterocycles. The van der Waals surface area contributed by atoms with Gasteiger partial charge in [-0.3, -0.25) is 9.78 Å². The number of pyridine rings is 1. The minimum atomic E-state index is -4.39. The Labute approximate surface area is 165 Å². The molecular weight excluding hydrogens is 400 g/mol. The van der Waals surface area contributed by atoms with Crippen LogP contribution in [0, 0.1) is 0 Å². The fourth-order valence-electron chi connectivity index (χ4n) is 3.13. The number of fused-ring (bicyclic) bond motifs is 1. The van der Waals surface area contributed by atoms with E-state index in [0.29, 0.717) is 54.5 Å².